The van der Waals surface area contributed by atoms with E-state index in [1.807, 2.05) is 0 Å². The first-order chi connectivity index (χ1) is 17.3. The molecule has 20 nitrogen and oxygen atoms in total. The number of hydrogen-bond donors (Lipinski definition) is 0. The zero-order valence-electron chi connectivity index (χ0n) is 25.2. The van der Waals surface area contributed by atoms with E-state index < -0.39 is 59.7 Å². The normalized spacial score (nSPS) is 5.68. The third-order valence-electron chi connectivity index (χ3n) is 0. The molecule has 0 unspecified atom stereocenters. The van der Waals surface area contributed by atoms with Crippen molar-refractivity contribution < 1.29 is 214 Å². The first-order valence-corrected chi connectivity index (χ1v) is 9.08. The van der Waals surface area contributed by atoms with Gasteiger partial charge in [0.25, 0.3) is 0 Å². The summed E-state index contributed by atoms with van der Waals surface area (Å²) in [6.07, 6.45) is 0. The maximum Gasteiger partial charge on any atom is 3.00 e. The van der Waals surface area contributed by atoms with Gasteiger partial charge in [0.15, 0.2) is 0 Å². The molecular weight excluding hydrogens is 1090 g/mol. The minimum Gasteiger partial charge on any atom is -0.550 e. The van der Waals surface area contributed by atoms with Crippen LogP contribution >= 0.6 is 0 Å². The Bertz CT molecular complexity index is 497. The molecule has 263 valence electrons. The maximum atomic E-state index is 8.89. The summed E-state index contributed by atoms with van der Waals surface area (Å²) in [5, 5.41) is 88.9. The van der Waals surface area contributed by atoms with Gasteiger partial charge in [-0.15, -0.1) is 0 Å². The average molecular weight is 1120 g/mol. The molecule has 0 aliphatic carbocycles. The molecule has 0 aromatic rings. The Morgan fingerprint density at radius 1 is 0.273 bits per heavy atom. The van der Waals surface area contributed by atoms with Gasteiger partial charge in [0.05, 0.1) is 0 Å². The second kappa shape index (κ2) is 83.8. The zero-order chi connectivity index (χ0) is 35.8. The number of hydrogen-bond acceptors (Lipinski definition) is 20. The molecule has 0 saturated heterocycles. The molecular formula is C20H30AuKO20PdRe-4. The van der Waals surface area contributed by atoms with E-state index in [4.69, 9.17) is 99.0 Å². The fourth-order valence-corrected chi connectivity index (χ4v) is 0. The van der Waals surface area contributed by atoms with Gasteiger partial charge in [0, 0.05) is 80.1 Å². The smallest absolute Gasteiger partial charge is 0.550 e. The summed E-state index contributed by atoms with van der Waals surface area (Å²) in [5.74, 6) is -10.8. The standard InChI is InChI=1S/10C2H4O2.Au.K.Pd.Re/c10*1-2(3)4;;;;/h10*1H3,(H,3,4);;;;/q;;;;;;;;;;+3;+1;+2;/p-10. The van der Waals surface area contributed by atoms with Crippen molar-refractivity contribution in [2.24, 2.45) is 0 Å². The van der Waals surface area contributed by atoms with Crippen LogP contribution in [0.3, 0.4) is 0 Å². The molecule has 0 fully saturated rings. The Hall–Kier alpha value is -1.60. The number of carbonyl (C=O) groups is 10. The van der Waals surface area contributed by atoms with Gasteiger partial charge < -0.3 is 99.0 Å². The van der Waals surface area contributed by atoms with Crippen LogP contribution in [0.5, 0.6) is 0 Å². The van der Waals surface area contributed by atoms with Gasteiger partial charge in [-0.25, -0.2) is 0 Å². The summed E-state index contributed by atoms with van der Waals surface area (Å²) in [4.78, 5) is 88.9. The van der Waals surface area contributed by atoms with E-state index in [0.29, 0.717) is 0 Å². The SMILES string of the molecule is CC(=O)[O-].CC(=O)[O-].CC(=O)[O-].CC(=O)[O-].CC(=O)[O-].CC(=O)[O-].CC(=O)[O-].CC(=O)[O-].CC(=O)[O-].CC(=O)[O-].[Au+3].[K+].[Pd+2].[Re]. The largest absolute Gasteiger partial charge is 3.00 e. The molecule has 0 aromatic carbocycles. The monoisotopic (exact) mass is 1120 g/mol. The van der Waals surface area contributed by atoms with Crippen LogP contribution in [0, 0.1) is 0 Å². The summed E-state index contributed by atoms with van der Waals surface area (Å²) < 4.78 is 0. The van der Waals surface area contributed by atoms with Crippen LogP contribution in [0.4, 0.5) is 0 Å². The summed E-state index contributed by atoms with van der Waals surface area (Å²) in [6, 6.07) is 0. The molecule has 0 bridgehead atoms. The first kappa shape index (κ1) is 90.1. The predicted molar refractivity (Wildman–Crippen MR) is 107 cm³/mol. The summed E-state index contributed by atoms with van der Waals surface area (Å²) in [6.45, 7) is 9.72. The van der Waals surface area contributed by atoms with Crippen LogP contribution in [-0.2, 0) is 111 Å². The summed E-state index contributed by atoms with van der Waals surface area (Å²) in [5.41, 5.74) is 0. The van der Waals surface area contributed by atoms with E-state index in [1.54, 1.807) is 0 Å². The molecule has 0 amide bonds. The second-order valence-corrected chi connectivity index (χ2v) is 4.92. The Labute approximate surface area is 338 Å². The van der Waals surface area contributed by atoms with Gasteiger partial charge in [-0.3, -0.25) is 0 Å². The van der Waals surface area contributed by atoms with Crippen molar-refractivity contribution in [3.05, 3.63) is 0 Å². The van der Waals surface area contributed by atoms with Gasteiger partial charge in [0.1, 0.15) is 0 Å². The molecule has 0 saturated carbocycles. The molecule has 44 heavy (non-hydrogen) atoms. The number of carboxylic acid groups (broad SMARTS) is 10. The molecule has 1 radical (unpaired) electrons. The van der Waals surface area contributed by atoms with E-state index >= 15 is 0 Å². The van der Waals surface area contributed by atoms with Crippen molar-refractivity contribution in [2.75, 3.05) is 0 Å². The van der Waals surface area contributed by atoms with Crippen molar-refractivity contribution in [1.29, 1.82) is 0 Å². The topological polar surface area (TPSA) is 401 Å². The van der Waals surface area contributed by atoms with E-state index in [1.165, 1.54) is 0 Å². The number of rotatable bonds is 0. The van der Waals surface area contributed by atoms with Crippen molar-refractivity contribution in [1.82, 2.24) is 0 Å². The molecule has 0 spiro atoms. The Kier molecular flexibility index (Phi) is 172. The summed E-state index contributed by atoms with van der Waals surface area (Å²) >= 11 is 0. The molecule has 0 aliphatic rings. The molecule has 0 aromatic heterocycles. The average Bonchev–Trinajstić information content (AvgIpc) is 2.47. The van der Waals surface area contributed by atoms with Crippen LogP contribution in [0.2, 0.25) is 0 Å². The van der Waals surface area contributed by atoms with E-state index in [2.05, 4.69) is 0 Å². The first-order valence-electron chi connectivity index (χ1n) is 9.08. The number of carbonyl (C=O) groups excluding carboxylic acids is 10. The van der Waals surface area contributed by atoms with Crippen molar-refractivity contribution in [3.63, 3.8) is 0 Å². The van der Waals surface area contributed by atoms with Crippen LogP contribution < -0.4 is 102 Å². The van der Waals surface area contributed by atoms with Crippen molar-refractivity contribution in [3.8, 4) is 0 Å². The molecule has 0 rings (SSSR count). The zero-order valence-corrected chi connectivity index (χ0v) is 34.7. The van der Waals surface area contributed by atoms with E-state index in [9.17, 15) is 0 Å². The second-order valence-electron chi connectivity index (χ2n) is 4.92. The summed E-state index contributed by atoms with van der Waals surface area (Å²) in [7, 11) is 0. The van der Waals surface area contributed by atoms with Gasteiger partial charge in [0.2, 0.25) is 0 Å². The van der Waals surface area contributed by atoms with Crippen LogP contribution in [0.25, 0.3) is 0 Å². The molecule has 0 N–H and O–H groups in total. The van der Waals surface area contributed by atoms with Crippen LogP contribution in [0.1, 0.15) is 69.2 Å². The third-order valence-corrected chi connectivity index (χ3v) is 0. The molecule has 24 heteroatoms. The number of carboxylic acids is 10. The minimum absolute atomic E-state index is 0. The third kappa shape index (κ3) is 24500. The van der Waals surface area contributed by atoms with E-state index in [0.717, 1.165) is 69.2 Å². The predicted octanol–water partition coefficient (Wildman–Crippen LogP) is -15.4. The Morgan fingerprint density at radius 2 is 0.273 bits per heavy atom. The van der Waals surface area contributed by atoms with Gasteiger partial charge in [-0.2, -0.15) is 0 Å². The van der Waals surface area contributed by atoms with E-state index in [-0.39, 0.29) is 115 Å². The Balaban J connectivity index is -0.0000000187. The minimum atomic E-state index is -1.08. The van der Waals surface area contributed by atoms with Gasteiger partial charge >= 0.3 is 94.2 Å². The Morgan fingerprint density at radius 3 is 0.273 bits per heavy atom. The number of aliphatic carboxylic acids is 10. The van der Waals surface area contributed by atoms with Crippen molar-refractivity contribution in [2.45, 2.75) is 69.2 Å². The van der Waals surface area contributed by atoms with Gasteiger partial charge in [-0.1, -0.05) is 0 Å². The fraction of sp³-hybridized carbons (Fsp3) is 0.500. The molecule has 0 atom stereocenters. The van der Waals surface area contributed by atoms with Crippen LogP contribution in [0.15, 0.2) is 0 Å². The van der Waals surface area contributed by atoms with Crippen molar-refractivity contribution >= 4 is 59.7 Å². The molecule has 0 aliphatic heterocycles. The maximum absolute atomic E-state index is 8.89. The quantitative estimate of drug-likeness (QED) is 0.203. The fourth-order valence-electron chi connectivity index (χ4n) is 0. The van der Waals surface area contributed by atoms with Gasteiger partial charge in [-0.05, 0) is 69.2 Å². The van der Waals surface area contributed by atoms with Crippen LogP contribution in [-0.4, -0.2) is 59.7 Å². The molecule has 0 heterocycles.